The molecule has 1 aromatic heterocycles. The summed E-state index contributed by atoms with van der Waals surface area (Å²) in [6, 6.07) is 0.617. The second-order valence-corrected chi connectivity index (χ2v) is 6.55. The van der Waals surface area contributed by atoms with Crippen LogP contribution in [0.3, 0.4) is 0 Å². The Kier molecular flexibility index (Phi) is 6.56. The average Bonchev–Trinajstić information content (AvgIpc) is 2.84. The van der Waals surface area contributed by atoms with E-state index in [1.54, 1.807) is 0 Å². The highest BCUT2D eigenvalue weighted by Crippen LogP contribution is 2.28. The third-order valence-electron chi connectivity index (χ3n) is 4.88. The molecule has 4 heteroatoms. The number of hydrogen-bond donors (Lipinski definition) is 1. The van der Waals surface area contributed by atoms with E-state index in [1.165, 1.54) is 38.5 Å². The molecule has 3 nitrogen and oxygen atoms in total. The monoisotopic (exact) mass is 311 g/mol. The number of aryl methyl sites for hydroxylation is 2. The van der Waals surface area contributed by atoms with E-state index in [4.69, 9.17) is 11.6 Å². The molecule has 1 aliphatic carbocycles. The lowest BCUT2D eigenvalue weighted by Gasteiger charge is -2.30. The molecule has 1 unspecified atom stereocenters. The molecule has 0 aromatic carbocycles. The molecule has 0 aliphatic heterocycles. The van der Waals surface area contributed by atoms with Gasteiger partial charge < -0.3 is 5.32 Å². The molecular formula is C17H30ClN3. The van der Waals surface area contributed by atoms with E-state index in [0.717, 1.165) is 41.8 Å². The van der Waals surface area contributed by atoms with Crippen molar-refractivity contribution in [3.8, 4) is 0 Å². The Morgan fingerprint density at radius 3 is 2.52 bits per heavy atom. The van der Waals surface area contributed by atoms with E-state index in [-0.39, 0.29) is 0 Å². The Bertz CT molecular complexity index is 435. The van der Waals surface area contributed by atoms with Gasteiger partial charge in [-0.05, 0) is 38.5 Å². The number of nitrogens with zero attached hydrogens (tertiary/aromatic N) is 2. The van der Waals surface area contributed by atoms with Crippen molar-refractivity contribution in [2.24, 2.45) is 5.92 Å². The van der Waals surface area contributed by atoms with E-state index >= 15 is 0 Å². The van der Waals surface area contributed by atoms with Crippen LogP contribution in [0.15, 0.2) is 0 Å². The molecule has 1 N–H and O–H groups in total. The van der Waals surface area contributed by atoms with E-state index in [9.17, 15) is 0 Å². The molecule has 1 atom stereocenters. The van der Waals surface area contributed by atoms with Crippen molar-refractivity contribution in [3.05, 3.63) is 16.4 Å². The Labute approximate surface area is 134 Å². The minimum atomic E-state index is 0.617. The second-order valence-electron chi connectivity index (χ2n) is 6.17. The Balaban J connectivity index is 2.01. The summed E-state index contributed by atoms with van der Waals surface area (Å²) in [5.41, 5.74) is 2.19. The molecule has 0 bridgehead atoms. The van der Waals surface area contributed by atoms with E-state index in [0.29, 0.717) is 6.04 Å². The van der Waals surface area contributed by atoms with Crippen LogP contribution in [0.25, 0.3) is 0 Å². The topological polar surface area (TPSA) is 29.9 Å². The first-order valence-corrected chi connectivity index (χ1v) is 9.06. The zero-order valence-corrected chi connectivity index (χ0v) is 14.5. The lowest BCUT2D eigenvalue weighted by atomic mass is 9.83. The minimum Gasteiger partial charge on any atom is -0.308 e. The first-order valence-electron chi connectivity index (χ1n) is 8.68. The summed E-state index contributed by atoms with van der Waals surface area (Å²) in [4.78, 5) is 0. The first-order chi connectivity index (χ1) is 10.2. The zero-order valence-electron chi connectivity index (χ0n) is 13.8. The van der Waals surface area contributed by atoms with Crippen LogP contribution >= 0.6 is 11.6 Å². The summed E-state index contributed by atoms with van der Waals surface area (Å²) in [6.07, 6.45) is 9.08. The highest BCUT2D eigenvalue weighted by atomic mass is 35.5. The van der Waals surface area contributed by atoms with Gasteiger partial charge in [0.15, 0.2) is 0 Å². The van der Waals surface area contributed by atoms with Crippen LogP contribution < -0.4 is 5.32 Å². The molecule has 120 valence electrons. The summed E-state index contributed by atoms with van der Waals surface area (Å²) >= 11 is 6.50. The van der Waals surface area contributed by atoms with Crippen molar-refractivity contribution in [1.29, 1.82) is 0 Å². The van der Waals surface area contributed by atoms with Gasteiger partial charge in [0.1, 0.15) is 0 Å². The lowest BCUT2D eigenvalue weighted by Crippen LogP contribution is -2.36. The van der Waals surface area contributed by atoms with Gasteiger partial charge in [-0.1, -0.05) is 44.7 Å². The molecule has 1 aliphatic rings. The molecule has 0 radical (unpaired) electrons. The highest BCUT2D eigenvalue weighted by Gasteiger charge is 2.23. The van der Waals surface area contributed by atoms with Gasteiger partial charge in [-0.2, -0.15) is 5.10 Å². The third-order valence-corrected chi connectivity index (χ3v) is 5.32. The molecule has 1 heterocycles. The fourth-order valence-electron chi connectivity index (χ4n) is 3.59. The molecule has 1 aromatic rings. The largest absolute Gasteiger partial charge is 0.308 e. The van der Waals surface area contributed by atoms with Crippen LogP contribution in [0.1, 0.15) is 70.7 Å². The summed E-state index contributed by atoms with van der Waals surface area (Å²) in [7, 11) is 0. The van der Waals surface area contributed by atoms with Gasteiger partial charge >= 0.3 is 0 Å². The Morgan fingerprint density at radius 1 is 1.24 bits per heavy atom. The molecule has 0 saturated heterocycles. The first kappa shape index (κ1) is 16.8. The van der Waals surface area contributed by atoms with Crippen LogP contribution in [0.4, 0.5) is 0 Å². The number of nitrogens with one attached hydrogen (secondary N) is 1. The Hall–Kier alpha value is -0.540. The van der Waals surface area contributed by atoms with Crippen molar-refractivity contribution < 1.29 is 0 Å². The number of aromatic nitrogens is 2. The molecule has 0 amide bonds. The van der Waals surface area contributed by atoms with Gasteiger partial charge in [-0.25, -0.2) is 0 Å². The normalized spacial score (nSPS) is 18.1. The molecule has 1 saturated carbocycles. The maximum atomic E-state index is 6.50. The standard InChI is InChI=1S/C17H30ClN3/c1-4-14(13-10-8-7-9-11-13)19-12-16-17(18)15(5-2)20-21(16)6-3/h13-14,19H,4-12H2,1-3H3. The van der Waals surface area contributed by atoms with Crippen molar-refractivity contribution >= 4 is 11.6 Å². The number of hydrogen-bond acceptors (Lipinski definition) is 2. The molecule has 0 spiro atoms. The Morgan fingerprint density at radius 2 is 1.95 bits per heavy atom. The van der Waals surface area contributed by atoms with Crippen LogP contribution in [-0.4, -0.2) is 15.8 Å². The maximum Gasteiger partial charge on any atom is 0.0863 e. The molecule has 1 fully saturated rings. The summed E-state index contributed by atoms with van der Waals surface area (Å²) in [6.45, 7) is 8.26. The minimum absolute atomic E-state index is 0.617. The van der Waals surface area contributed by atoms with E-state index in [2.05, 4.69) is 35.9 Å². The summed E-state index contributed by atoms with van der Waals surface area (Å²) in [5.74, 6) is 0.839. The molecular weight excluding hydrogens is 282 g/mol. The maximum absolute atomic E-state index is 6.50. The average molecular weight is 312 g/mol. The van der Waals surface area contributed by atoms with Crippen molar-refractivity contribution in [1.82, 2.24) is 15.1 Å². The van der Waals surface area contributed by atoms with Crippen molar-refractivity contribution in [2.75, 3.05) is 0 Å². The van der Waals surface area contributed by atoms with Gasteiger partial charge in [0, 0.05) is 19.1 Å². The van der Waals surface area contributed by atoms with Crippen molar-refractivity contribution in [2.45, 2.75) is 84.8 Å². The molecule has 2 rings (SSSR count). The number of halogens is 1. The van der Waals surface area contributed by atoms with Gasteiger partial charge in [0.05, 0.1) is 16.4 Å². The fourth-order valence-corrected chi connectivity index (χ4v) is 3.93. The van der Waals surface area contributed by atoms with E-state index < -0.39 is 0 Å². The quantitative estimate of drug-likeness (QED) is 0.799. The lowest BCUT2D eigenvalue weighted by molar-refractivity contribution is 0.260. The van der Waals surface area contributed by atoms with E-state index in [1.807, 2.05) is 0 Å². The second kappa shape index (κ2) is 8.19. The van der Waals surface area contributed by atoms with Gasteiger partial charge in [-0.3, -0.25) is 4.68 Å². The molecule has 21 heavy (non-hydrogen) atoms. The van der Waals surface area contributed by atoms with Crippen LogP contribution in [0.2, 0.25) is 5.02 Å². The van der Waals surface area contributed by atoms with Crippen LogP contribution in [-0.2, 0) is 19.5 Å². The number of rotatable bonds is 7. The van der Waals surface area contributed by atoms with Crippen LogP contribution in [0.5, 0.6) is 0 Å². The zero-order chi connectivity index (χ0) is 15.2. The van der Waals surface area contributed by atoms with Gasteiger partial charge in [0.25, 0.3) is 0 Å². The summed E-state index contributed by atoms with van der Waals surface area (Å²) < 4.78 is 2.06. The third kappa shape index (κ3) is 4.01. The van der Waals surface area contributed by atoms with Gasteiger partial charge in [-0.15, -0.1) is 0 Å². The fraction of sp³-hybridized carbons (Fsp3) is 0.824. The SMILES string of the molecule is CCc1nn(CC)c(CNC(CC)C2CCCCC2)c1Cl. The highest BCUT2D eigenvalue weighted by molar-refractivity contribution is 6.31. The van der Waals surface area contributed by atoms with Crippen LogP contribution in [0, 0.1) is 5.92 Å². The predicted octanol–water partition coefficient (Wildman–Crippen LogP) is 4.57. The predicted molar refractivity (Wildman–Crippen MR) is 89.8 cm³/mol. The summed E-state index contributed by atoms with van der Waals surface area (Å²) in [5, 5.41) is 9.24. The smallest absolute Gasteiger partial charge is 0.0863 e. The van der Waals surface area contributed by atoms with Gasteiger partial charge in [0.2, 0.25) is 0 Å². The van der Waals surface area contributed by atoms with Crippen molar-refractivity contribution in [3.63, 3.8) is 0 Å².